The molecule has 1 saturated carbocycles. The first-order chi connectivity index (χ1) is 5.47. The largest absolute Gasteiger partial charge is 0.522 e. The molecule has 1 nitrogen and oxygen atoms in total. The molecule has 0 aromatic rings. The fraction of sp³-hybridized carbons (Fsp3) is 0.875. The van der Waals surface area contributed by atoms with Gasteiger partial charge in [-0.3, -0.25) is 4.74 Å². The van der Waals surface area contributed by atoms with E-state index in [0.29, 0.717) is 18.8 Å². The molecular formula is C8H12F3O. The molecule has 0 amide bonds. The molecular weight excluding hydrogens is 169 g/mol. The molecule has 0 heterocycles. The average molecular weight is 181 g/mol. The summed E-state index contributed by atoms with van der Waals surface area (Å²) in [6, 6.07) is 0. The van der Waals surface area contributed by atoms with E-state index in [1.54, 1.807) is 0 Å². The number of halogens is 3. The van der Waals surface area contributed by atoms with E-state index in [2.05, 4.69) is 11.7 Å². The van der Waals surface area contributed by atoms with Crippen molar-refractivity contribution in [2.45, 2.75) is 38.1 Å². The summed E-state index contributed by atoms with van der Waals surface area (Å²) in [6.45, 7) is 3.79. The van der Waals surface area contributed by atoms with E-state index in [4.69, 9.17) is 0 Å². The van der Waals surface area contributed by atoms with Crippen LogP contribution in [0.3, 0.4) is 0 Å². The van der Waals surface area contributed by atoms with Gasteiger partial charge in [0.2, 0.25) is 0 Å². The minimum absolute atomic E-state index is 0.304. The van der Waals surface area contributed by atoms with Gasteiger partial charge in [-0.2, -0.15) is 0 Å². The van der Waals surface area contributed by atoms with Crippen LogP contribution in [0.2, 0.25) is 0 Å². The van der Waals surface area contributed by atoms with Gasteiger partial charge in [0.25, 0.3) is 0 Å². The van der Waals surface area contributed by atoms with Gasteiger partial charge in [-0.15, -0.1) is 13.2 Å². The van der Waals surface area contributed by atoms with Crippen LogP contribution in [0.4, 0.5) is 13.2 Å². The van der Waals surface area contributed by atoms with E-state index in [-0.39, 0.29) is 0 Å². The van der Waals surface area contributed by atoms with Crippen molar-refractivity contribution in [1.29, 1.82) is 0 Å². The van der Waals surface area contributed by atoms with Gasteiger partial charge in [0.05, 0.1) is 6.10 Å². The van der Waals surface area contributed by atoms with E-state index in [0.717, 1.165) is 12.8 Å². The first-order valence-electron chi connectivity index (χ1n) is 4.05. The summed E-state index contributed by atoms with van der Waals surface area (Å²) >= 11 is 0. The van der Waals surface area contributed by atoms with E-state index >= 15 is 0 Å². The molecule has 0 aliphatic heterocycles. The number of rotatable bonds is 1. The van der Waals surface area contributed by atoms with Crippen LogP contribution in [0, 0.1) is 12.8 Å². The van der Waals surface area contributed by atoms with Crippen LogP contribution in [-0.4, -0.2) is 12.5 Å². The maximum atomic E-state index is 11.7. The highest BCUT2D eigenvalue weighted by Gasteiger charge is 2.34. The SMILES string of the molecule is [CH2]C1CCC(OC(F)(F)F)CC1. The topological polar surface area (TPSA) is 9.23 Å². The van der Waals surface area contributed by atoms with Gasteiger partial charge in [-0.1, -0.05) is 6.92 Å². The van der Waals surface area contributed by atoms with Crippen molar-refractivity contribution in [1.82, 2.24) is 0 Å². The van der Waals surface area contributed by atoms with E-state index < -0.39 is 12.5 Å². The van der Waals surface area contributed by atoms with Crippen LogP contribution < -0.4 is 0 Å². The maximum Gasteiger partial charge on any atom is 0.522 e. The monoisotopic (exact) mass is 181 g/mol. The third-order valence-corrected chi connectivity index (χ3v) is 2.09. The Balaban J connectivity index is 2.26. The second-order valence-corrected chi connectivity index (χ2v) is 3.21. The van der Waals surface area contributed by atoms with E-state index in [1.165, 1.54) is 0 Å². The zero-order valence-electron chi connectivity index (χ0n) is 6.73. The molecule has 0 aromatic carbocycles. The smallest absolute Gasteiger partial charge is 0.289 e. The highest BCUT2D eigenvalue weighted by Crippen LogP contribution is 2.30. The first-order valence-corrected chi connectivity index (χ1v) is 4.05. The molecule has 0 bridgehead atoms. The Kier molecular flexibility index (Phi) is 2.99. The highest BCUT2D eigenvalue weighted by atomic mass is 19.4. The molecule has 4 heteroatoms. The number of hydrogen-bond donors (Lipinski definition) is 0. The van der Waals surface area contributed by atoms with Gasteiger partial charge >= 0.3 is 6.36 Å². The maximum absolute atomic E-state index is 11.7. The van der Waals surface area contributed by atoms with Crippen molar-refractivity contribution in [2.75, 3.05) is 0 Å². The predicted octanol–water partition coefficient (Wildman–Crippen LogP) is 2.92. The van der Waals surface area contributed by atoms with Gasteiger partial charge in [0.15, 0.2) is 0 Å². The molecule has 1 radical (unpaired) electrons. The average Bonchev–Trinajstić information content (AvgIpc) is 1.91. The fourth-order valence-electron chi connectivity index (χ4n) is 1.44. The third kappa shape index (κ3) is 3.43. The molecule has 1 fully saturated rings. The summed E-state index contributed by atoms with van der Waals surface area (Å²) in [7, 11) is 0. The lowest BCUT2D eigenvalue weighted by Gasteiger charge is -2.26. The van der Waals surface area contributed by atoms with E-state index in [1.807, 2.05) is 0 Å². The molecule has 1 aliphatic rings. The van der Waals surface area contributed by atoms with Crippen molar-refractivity contribution < 1.29 is 17.9 Å². The summed E-state index contributed by atoms with van der Waals surface area (Å²) in [5, 5.41) is 0. The molecule has 0 saturated heterocycles. The van der Waals surface area contributed by atoms with Crippen molar-refractivity contribution in [3.63, 3.8) is 0 Å². The van der Waals surface area contributed by atoms with Crippen molar-refractivity contribution in [3.05, 3.63) is 6.92 Å². The van der Waals surface area contributed by atoms with Crippen molar-refractivity contribution in [2.24, 2.45) is 5.92 Å². The molecule has 1 rings (SSSR count). The summed E-state index contributed by atoms with van der Waals surface area (Å²) in [5.74, 6) is 0.304. The third-order valence-electron chi connectivity index (χ3n) is 2.09. The Morgan fingerprint density at radius 3 is 2.00 bits per heavy atom. The Labute approximate surface area is 69.9 Å². The molecule has 0 unspecified atom stereocenters. The number of alkyl halides is 3. The van der Waals surface area contributed by atoms with Crippen LogP contribution in [0.25, 0.3) is 0 Å². The van der Waals surface area contributed by atoms with Crippen molar-refractivity contribution >= 4 is 0 Å². The summed E-state index contributed by atoms with van der Waals surface area (Å²) in [4.78, 5) is 0. The predicted molar refractivity (Wildman–Crippen MR) is 38.2 cm³/mol. The zero-order chi connectivity index (χ0) is 9.19. The Bertz CT molecular complexity index is 136. The molecule has 12 heavy (non-hydrogen) atoms. The summed E-state index contributed by atoms with van der Waals surface area (Å²) < 4.78 is 39.0. The van der Waals surface area contributed by atoms with Gasteiger partial charge in [-0.25, -0.2) is 0 Å². The molecule has 0 aromatic heterocycles. The lowest BCUT2D eigenvalue weighted by molar-refractivity contribution is -0.345. The lowest BCUT2D eigenvalue weighted by atomic mass is 9.89. The number of ether oxygens (including phenoxy) is 1. The lowest BCUT2D eigenvalue weighted by Crippen LogP contribution is -2.27. The van der Waals surface area contributed by atoms with Gasteiger partial charge in [-0.05, 0) is 31.6 Å². The zero-order valence-corrected chi connectivity index (χ0v) is 6.73. The van der Waals surface area contributed by atoms with Crippen LogP contribution in [0.15, 0.2) is 0 Å². The van der Waals surface area contributed by atoms with Gasteiger partial charge in [0, 0.05) is 0 Å². The molecule has 0 N–H and O–H groups in total. The second kappa shape index (κ2) is 3.64. The standard InChI is InChI=1S/C8H12F3O/c1-6-2-4-7(5-3-6)12-8(9,10)11/h6-7H,1-5H2. The van der Waals surface area contributed by atoms with Crippen LogP contribution >= 0.6 is 0 Å². The number of hydrogen-bond acceptors (Lipinski definition) is 1. The Morgan fingerprint density at radius 1 is 1.08 bits per heavy atom. The minimum atomic E-state index is -4.47. The second-order valence-electron chi connectivity index (χ2n) is 3.21. The normalized spacial score (nSPS) is 32.0. The highest BCUT2D eigenvalue weighted by molar-refractivity contribution is 4.73. The molecule has 1 aliphatic carbocycles. The summed E-state index contributed by atoms with van der Waals surface area (Å²) in [5.41, 5.74) is 0. The van der Waals surface area contributed by atoms with Crippen LogP contribution in [0.5, 0.6) is 0 Å². The molecule has 0 atom stereocenters. The van der Waals surface area contributed by atoms with Crippen LogP contribution in [-0.2, 0) is 4.74 Å². The summed E-state index contributed by atoms with van der Waals surface area (Å²) in [6.07, 6.45) is -2.68. The van der Waals surface area contributed by atoms with Gasteiger partial charge in [0.1, 0.15) is 0 Å². The molecule has 0 spiro atoms. The molecule has 71 valence electrons. The van der Waals surface area contributed by atoms with Crippen molar-refractivity contribution in [3.8, 4) is 0 Å². The van der Waals surface area contributed by atoms with Gasteiger partial charge < -0.3 is 0 Å². The first kappa shape index (κ1) is 9.84. The van der Waals surface area contributed by atoms with E-state index in [9.17, 15) is 13.2 Å². The quantitative estimate of drug-likeness (QED) is 0.604. The van der Waals surface area contributed by atoms with Crippen LogP contribution in [0.1, 0.15) is 25.7 Å². The Morgan fingerprint density at radius 2 is 1.58 bits per heavy atom. The minimum Gasteiger partial charge on any atom is -0.289 e. The fourth-order valence-corrected chi connectivity index (χ4v) is 1.44. The Hall–Kier alpha value is -0.250.